The minimum atomic E-state index is -0.867. The van der Waals surface area contributed by atoms with Crippen LogP contribution >= 0.6 is 11.3 Å². The second-order valence-corrected chi connectivity index (χ2v) is 12.1. The van der Waals surface area contributed by atoms with E-state index in [0.717, 1.165) is 53.4 Å². The van der Waals surface area contributed by atoms with Gasteiger partial charge in [0.1, 0.15) is 6.61 Å². The summed E-state index contributed by atoms with van der Waals surface area (Å²) < 4.78 is 6.75. The van der Waals surface area contributed by atoms with Crippen LogP contribution in [0.15, 0.2) is 30.6 Å². The van der Waals surface area contributed by atoms with Gasteiger partial charge in [0, 0.05) is 55.6 Å². The van der Waals surface area contributed by atoms with Crippen molar-refractivity contribution in [2.75, 3.05) is 25.0 Å². The molecule has 11 nitrogen and oxygen atoms in total. The fraction of sp³-hybridized carbons (Fsp3) is 0.536. The smallest absolute Gasteiger partial charge is 0.407 e. The standard InChI is InChI=1S/C28H34N6O5S/c1-16-14-33(28(37)38)7-8-34(16)20-9-18(10-20)26(36)32-27-31-21-6-5-17(11-24(21)40-27)19-12-29-25(30-13-19)15-39-23-4-2-3-22(23)35/h5-6,11-13,16,18,20,22-23,35H,2-4,7-10,14-15H2,1H3,(H,37,38)(H,31,32,36)/t16?,18?,20?,22-,23-/m0/s1. The second-order valence-electron chi connectivity index (χ2n) is 11.1. The number of hydrogen-bond acceptors (Lipinski definition) is 9. The molecule has 3 aromatic rings. The van der Waals surface area contributed by atoms with Crippen molar-refractivity contribution >= 4 is 38.7 Å². The summed E-state index contributed by atoms with van der Waals surface area (Å²) in [5.74, 6) is 0.513. The molecule has 1 aromatic carbocycles. The number of aliphatic hydroxyl groups excluding tert-OH is 1. The van der Waals surface area contributed by atoms with Gasteiger partial charge in [-0.2, -0.15) is 0 Å². The molecule has 6 rings (SSSR count). The number of thiazole rings is 1. The predicted octanol–water partition coefficient (Wildman–Crippen LogP) is 3.58. The van der Waals surface area contributed by atoms with E-state index in [1.807, 2.05) is 18.2 Å². The van der Waals surface area contributed by atoms with Crippen LogP contribution in [0.2, 0.25) is 0 Å². The number of carbonyl (C=O) groups excluding carboxylic acids is 1. The number of aliphatic hydroxyl groups is 1. The summed E-state index contributed by atoms with van der Waals surface area (Å²) in [6.45, 7) is 4.05. The third kappa shape index (κ3) is 5.67. The summed E-state index contributed by atoms with van der Waals surface area (Å²) in [5.41, 5.74) is 2.66. The Morgan fingerprint density at radius 2 is 1.95 bits per heavy atom. The molecule has 1 aliphatic heterocycles. The highest BCUT2D eigenvalue weighted by atomic mass is 32.1. The average molecular weight is 567 g/mol. The number of nitrogens with one attached hydrogen (secondary N) is 1. The Morgan fingerprint density at radius 1 is 1.15 bits per heavy atom. The van der Waals surface area contributed by atoms with Crippen molar-refractivity contribution in [2.45, 2.75) is 69.9 Å². The number of amides is 2. The number of carbonyl (C=O) groups is 2. The molecule has 2 aromatic heterocycles. The van der Waals surface area contributed by atoms with Crippen molar-refractivity contribution in [3.8, 4) is 11.1 Å². The Balaban J connectivity index is 1.02. The van der Waals surface area contributed by atoms with Gasteiger partial charge in [0.15, 0.2) is 11.0 Å². The Morgan fingerprint density at radius 3 is 2.65 bits per heavy atom. The maximum Gasteiger partial charge on any atom is 0.407 e. The van der Waals surface area contributed by atoms with Gasteiger partial charge in [-0.15, -0.1) is 0 Å². The van der Waals surface area contributed by atoms with Crippen molar-refractivity contribution < 1.29 is 24.5 Å². The van der Waals surface area contributed by atoms with E-state index in [0.29, 0.717) is 36.6 Å². The average Bonchev–Trinajstić information content (AvgIpc) is 3.52. The van der Waals surface area contributed by atoms with E-state index >= 15 is 0 Å². The Hall–Kier alpha value is -3.19. The van der Waals surface area contributed by atoms with Crippen LogP contribution in [0.5, 0.6) is 0 Å². The van der Waals surface area contributed by atoms with Crippen LogP contribution in [0.3, 0.4) is 0 Å². The van der Waals surface area contributed by atoms with E-state index in [1.54, 1.807) is 12.4 Å². The van der Waals surface area contributed by atoms with Crippen LogP contribution in [0.1, 0.15) is 44.9 Å². The molecule has 212 valence electrons. The summed E-state index contributed by atoms with van der Waals surface area (Å²) in [7, 11) is 0. The first-order chi connectivity index (χ1) is 19.3. The lowest BCUT2D eigenvalue weighted by atomic mass is 9.78. The van der Waals surface area contributed by atoms with Crippen LogP contribution < -0.4 is 5.32 Å². The monoisotopic (exact) mass is 566 g/mol. The molecular formula is C28H34N6O5S. The summed E-state index contributed by atoms with van der Waals surface area (Å²) in [4.78, 5) is 41.4. The van der Waals surface area contributed by atoms with Gasteiger partial charge in [0.05, 0.1) is 22.4 Å². The number of anilines is 1. The van der Waals surface area contributed by atoms with Gasteiger partial charge in [-0.3, -0.25) is 9.69 Å². The molecule has 3 atom stereocenters. The number of fused-ring (bicyclic) bond motifs is 1. The lowest BCUT2D eigenvalue weighted by Gasteiger charge is -2.48. The third-order valence-corrected chi connectivity index (χ3v) is 9.34. The van der Waals surface area contributed by atoms with E-state index < -0.39 is 12.2 Å². The van der Waals surface area contributed by atoms with Crippen molar-refractivity contribution in [2.24, 2.45) is 5.92 Å². The molecule has 1 unspecified atom stereocenters. The van der Waals surface area contributed by atoms with Gasteiger partial charge in [-0.25, -0.2) is 19.7 Å². The third-order valence-electron chi connectivity index (χ3n) is 8.40. The minimum absolute atomic E-state index is 0.0105. The van der Waals surface area contributed by atoms with E-state index in [2.05, 4.69) is 32.1 Å². The number of aromatic nitrogens is 3. The maximum atomic E-state index is 12.9. The van der Waals surface area contributed by atoms with Crippen molar-refractivity contribution in [3.63, 3.8) is 0 Å². The normalized spacial score (nSPS) is 27.1. The van der Waals surface area contributed by atoms with E-state index in [1.165, 1.54) is 16.2 Å². The molecule has 3 heterocycles. The SMILES string of the molecule is CC1CN(C(=O)O)CCN1C1CC(C(=O)Nc2nc3ccc(-c4cnc(CO[C@H]5CCC[C@@H]5O)nc4)cc3s2)C1. The quantitative estimate of drug-likeness (QED) is 0.391. The minimum Gasteiger partial charge on any atom is -0.465 e. The van der Waals surface area contributed by atoms with Gasteiger partial charge in [0.25, 0.3) is 0 Å². The predicted molar refractivity (Wildman–Crippen MR) is 150 cm³/mol. The highest BCUT2D eigenvalue weighted by molar-refractivity contribution is 7.22. The van der Waals surface area contributed by atoms with Crippen LogP contribution in [0.25, 0.3) is 21.3 Å². The summed E-state index contributed by atoms with van der Waals surface area (Å²) in [6, 6.07) is 6.41. The fourth-order valence-electron chi connectivity index (χ4n) is 5.99. The second kappa shape index (κ2) is 11.4. The van der Waals surface area contributed by atoms with E-state index in [9.17, 15) is 19.8 Å². The molecule has 1 saturated heterocycles. The lowest BCUT2D eigenvalue weighted by Crippen LogP contribution is -2.60. The van der Waals surface area contributed by atoms with Crippen LogP contribution in [0, 0.1) is 5.92 Å². The van der Waals surface area contributed by atoms with Crippen molar-refractivity contribution in [3.05, 3.63) is 36.4 Å². The number of hydrogen-bond donors (Lipinski definition) is 3. The molecule has 12 heteroatoms. The highest BCUT2D eigenvalue weighted by Crippen LogP contribution is 2.36. The summed E-state index contributed by atoms with van der Waals surface area (Å²) in [6.07, 6.45) is 6.33. The number of piperazine rings is 1. The zero-order chi connectivity index (χ0) is 27.8. The largest absolute Gasteiger partial charge is 0.465 e. The van der Waals surface area contributed by atoms with Crippen molar-refractivity contribution in [1.82, 2.24) is 24.8 Å². The number of rotatable bonds is 7. The topological polar surface area (TPSA) is 141 Å². The van der Waals surface area contributed by atoms with E-state index in [4.69, 9.17) is 4.74 Å². The zero-order valence-corrected chi connectivity index (χ0v) is 23.2. The molecule has 0 bridgehead atoms. The van der Waals surface area contributed by atoms with Gasteiger partial charge >= 0.3 is 6.09 Å². The number of ether oxygens (including phenoxy) is 1. The van der Waals surface area contributed by atoms with Gasteiger partial charge in [-0.1, -0.05) is 17.4 Å². The van der Waals surface area contributed by atoms with Crippen molar-refractivity contribution in [1.29, 1.82) is 0 Å². The number of nitrogens with zero attached hydrogens (tertiary/aromatic N) is 5. The molecule has 0 spiro atoms. The molecule has 0 radical (unpaired) electrons. The first-order valence-corrected chi connectivity index (χ1v) is 14.7. The summed E-state index contributed by atoms with van der Waals surface area (Å²) in [5, 5.41) is 22.7. The van der Waals surface area contributed by atoms with Crippen LogP contribution in [-0.4, -0.2) is 90.9 Å². The molecule has 3 fully saturated rings. The lowest BCUT2D eigenvalue weighted by molar-refractivity contribution is -0.125. The van der Waals surface area contributed by atoms with Crippen LogP contribution in [-0.2, 0) is 16.1 Å². The van der Waals surface area contributed by atoms with E-state index in [-0.39, 0.29) is 30.6 Å². The van der Waals surface area contributed by atoms with Gasteiger partial charge < -0.3 is 25.2 Å². The Bertz CT molecular complexity index is 1380. The van der Waals surface area contributed by atoms with Gasteiger partial charge in [-0.05, 0) is 56.7 Å². The highest BCUT2D eigenvalue weighted by Gasteiger charge is 2.41. The molecular weight excluding hydrogens is 532 g/mol. The number of carboxylic acid groups (broad SMARTS) is 1. The molecule has 3 N–H and O–H groups in total. The first-order valence-electron chi connectivity index (χ1n) is 13.9. The number of benzene rings is 1. The molecule has 3 aliphatic rings. The zero-order valence-electron chi connectivity index (χ0n) is 22.4. The maximum absolute atomic E-state index is 12.9. The molecule has 40 heavy (non-hydrogen) atoms. The Kier molecular flexibility index (Phi) is 7.67. The van der Waals surface area contributed by atoms with Gasteiger partial charge in [0.2, 0.25) is 5.91 Å². The Labute approximate surface area is 236 Å². The van der Waals surface area contributed by atoms with Crippen LogP contribution in [0.4, 0.5) is 9.93 Å². The fourth-order valence-corrected chi connectivity index (χ4v) is 6.89. The summed E-state index contributed by atoms with van der Waals surface area (Å²) >= 11 is 1.45. The molecule has 2 amide bonds. The molecule has 2 saturated carbocycles. The molecule has 2 aliphatic carbocycles. The first kappa shape index (κ1) is 27.0.